The number of benzene rings is 1. The van der Waals surface area contributed by atoms with Gasteiger partial charge >= 0.3 is 5.97 Å². The van der Waals surface area contributed by atoms with Crippen molar-refractivity contribution in [1.82, 2.24) is 4.98 Å². The van der Waals surface area contributed by atoms with E-state index in [0.29, 0.717) is 18.9 Å². The van der Waals surface area contributed by atoms with E-state index in [2.05, 4.69) is 10.9 Å². The van der Waals surface area contributed by atoms with Crippen molar-refractivity contribution in [2.24, 2.45) is 0 Å². The highest BCUT2D eigenvalue weighted by molar-refractivity contribution is 5.98. The van der Waals surface area contributed by atoms with Gasteiger partial charge in [-0.3, -0.25) is 0 Å². The molecule has 0 aliphatic heterocycles. The zero-order chi connectivity index (χ0) is 14.5. The van der Waals surface area contributed by atoms with Gasteiger partial charge in [0.15, 0.2) is 0 Å². The Morgan fingerprint density at radius 2 is 2.20 bits per heavy atom. The van der Waals surface area contributed by atoms with Crippen LogP contribution < -0.4 is 4.90 Å². The highest BCUT2D eigenvalue weighted by atomic mass is 16.4. The Morgan fingerprint density at radius 3 is 2.85 bits per heavy atom. The summed E-state index contributed by atoms with van der Waals surface area (Å²) in [6.45, 7) is 3.04. The molecule has 0 fully saturated rings. The number of nitrogens with zero attached hydrogens (tertiary/aromatic N) is 2. The van der Waals surface area contributed by atoms with Gasteiger partial charge in [0.2, 0.25) is 0 Å². The Hall–Kier alpha value is -2.54. The van der Waals surface area contributed by atoms with Crippen LogP contribution in [-0.4, -0.2) is 29.1 Å². The number of carbonyl (C=O) groups is 1. The summed E-state index contributed by atoms with van der Waals surface area (Å²) in [6, 6.07) is 9.11. The molecule has 20 heavy (non-hydrogen) atoms. The lowest BCUT2D eigenvalue weighted by molar-refractivity contribution is 0.0697. The van der Waals surface area contributed by atoms with Crippen LogP contribution in [0.3, 0.4) is 0 Å². The van der Waals surface area contributed by atoms with Crippen LogP contribution >= 0.6 is 0 Å². The van der Waals surface area contributed by atoms with Gasteiger partial charge in [-0.1, -0.05) is 31.0 Å². The first-order valence-electron chi connectivity index (χ1n) is 6.49. The molecule has 0 amide bonds. The SMILES string of the molecule is C#CCN(CCC)c1nc2ccccc2cc1C(=O)O. The van der Waals surface area contributed by atoms with Crippen molar-refractivity contribution in [3.05, 3.63) is 35.9 Å². The molecular formula is C16H16N2O2. The molecule has 0 spiro atoms. The molecule has 0 radical (unpaired) electrons. The summed E-state index contributed by atoms with van der Waals surface area (Å²) in [5.41, 5.74) is 0.957. The largest absolute Gasteiger partial charge is 0.478 e. The molecule has 1 heterocycles. The van der Waals surface area contributed by atoms with Gasteiger partial charge < -0.3 is 10.0 Å². The van der Waals surface area contributed by atoms with Crippen molar-refractivity contribution in [1.29, 1.82) is 0 Å². The third-order valence-electron chi connectivity index (χ3n) is 3.01. The number of hydrogen-bond acceptors (Lipinski definition) is 3. The molecule has 2 rings (SSSR count). The summed E-state index contributed by atoms with van der Waals surface area (Å²) in [6.07, 6.45) is 6.24. The first-order chi connectivity index (χ1) is 9.67. The number of aromatic nitrogens is 1. The standard InChI is InChI=1S/C16H16N2O2/c1-3-9-18(10-4-2)15-13(16(19)20)11-12-7-5-6-8-14(12)17-15/h1,5-8,11H,4,9-10H2,2H3,(H,19,20). The molecule has 0 unspecified atom stereocenters. The third kappa shape index (κ3) is 2.72. The Labute approximate surface area is 118 Å². The molecule has 0 saturated carbocycles. The Morgan fingerprint density at radius 1 is 1.45 bits per heavy atom. The van der Waals surface area contributed by atoms with Gasteiger partial charge in [0.05, 0.1) is 12.1 Å². The summed E-state index contributed by atoms with van der Waals surface area (Å²) in [5.74, 6) is 2.01. The number of anilines is 1. The second-order valence-electron chi connectivity index (χ2n) is 4.48. The van der Waals surface area contributed by atoms with Crippen LogP contribution in [-0.2, 0) is 0 Å². The fraction of sp³-hybridized carbons (Fsp3) is 0.250. The maximum Gasteiger partial charge on any atom is 0.339 e. The van der Waals surface area contributed by atoms with Gasteiger partial charge in [-0.2, -0.15) is 0 Å². The van der Waals surface area contributed by atoms with Gasteiger partial charge in [-0.15, -0.1) is 6.42 Å². The number of carboxylic acid groups (broad SMARTS) is 1. The molecular weight excluding hydrogens is 252 g/mol. The molecule has 2 aromatic rings. The average Bonchev–Trinajstić information content (AvgIpc) is 2.45. The van der Waals surface area contributed by atoms with Crippen molar-refractivity contribution < 1.29 is 9.90 Å². The van der Waals surface area contributed by atoms with E-state index in [4.69, 9.17) is 6.42 Å². The van der Waals surface area contributed by atoms with Gasteiger partial charge in [0.1, 0.15) is 11.4 Å². The molecule has 0 aliphatic rings. The zero-order valence-electron chi connectivity index (χ0n) is 11.3. The molecule has 0 atom stereocenters. The lowest BCUT2D eigenvalue weighted by Gasteiger charge is -2.22. The molecule has 1 aromatic heterocycles. The van der Waals surface area contributed by atoms with E-state index in [1.807, 2.05) is 36.1 Å². The summed E-state index contributed by atoms with van der Waals surface area (Å²) < 4.78 is 0. The maximum absolute atomic E-state index is 11.5. The average molecular weight is 268 g/mol. The predicted molar refractivity (Wildman–Crippen MR) is 80.0 cm³/mol. The minimum Gasteiger partial charge on any atom is -0.478 e. The van der Waals surface area contributed by atoms with E-state index in [0.717, 1.165) is 17.3 Å². The molecule has 0 saturated heterocycles. The topological polar surface area (TPSA) is 53.4 Å². The van der Waals surface area contributed by atoms with E-state index in [1.54, 1.807) is 6.07 Å². The predicted octanol–water partition coefficient (Wildman–Crippen LogP) is 2.78. The van der Waals surface area contributed by atoms with Crippen LogP contribution in [0.25, 0.3) is 10.9 Å². The van der Waals surface area contributed by atoms with E-state index >= 15 is 0 Å². The van der Waals surface area contributed by atoms with Crippen molar-refractivity contribution in [3.8, 4) is 12.3 Å². The molecule has 0 aliphatic carbocycles. The minimum absolute atomic E-state index is 0.187. The van der Waals surface area contributed by atoms with E-state index in [1.165, 1.54) is 0 Å². The van der Waals surface area contributed by atoms with E-state index < -0.39 is 5.97 Å². The number of rotatable bonds is 5. The number of hydrogen-bond donors (Lipinski definition) is 1. The van der Waals surface area contributed by atoms with E-state index in [-0.39, 0.29) is 5.56 Å². The molecule has 4 heteroatoms. The minimum atomic E-state index is -0.989. The fourth-order valence-corrected chi connectivity index (χ4v) is 2.14. The second-order valence-corrected chi connectivity index (χ2v) is 4.48. The van der Waals surface area contributed by atoms with Gasteiger partial charge in [0, 0.05) is 11.9 Å². The smallest absolute Gasteiger partial charge is 0.339 e. The third-order valence-corrected chi connectivity index (χ3v) is 3.01. The first kappa shape index (κ1) is 13.9. The fourth-order valence-electron chi connectivity index (χ4n) is 2.14. The monoisotopic (exact) mass is 268 g/mol. The van der Waals surface area contributed by atoms with Crippen molar-refractivity contribution in [2.45, 2.75) is 13.3 Å². The van der Waals surface area contributed by atoms with Gasteiger partial charge in [0.25, 0.3) is 0 Å². The molecule has 1 N–H and O–H groups in total. The zero-order valence-corrected chi connectivity index (χ0v) is 11.3. The maximum atomic E-state index is 11.5. The Balaban J connectivity index is 2.62. The number of aromatic carboxylic acids is 1. The van der Waals surface area contributed by atoms with Gasteiger partial charge in [-0.25, -0.2) is 9.78 Å². The highest BCUT2D eigenvalue weighted by Gasteiger charge is 2.18. The van der Waals surface area contributed by atoms with Gasteiger partial charge in [-0.05, 0) is 18.6 Å². The van der Waals surface area contributed by atoms with E-state index in [9.17, 15) is 9.90 Å². The van der Waals surface area contributed by atoms with Crippen LogP contribution in [0.15, 0.2) is 30.3 Å². The molecule has 0 bridgehead atoms. The summed E-state index contributed by atoms with van der Waals surface area (Å²) >= 11 is 0. The Bertz CT molecular complexity index is 674. The van der Waals surface area contributed by atoms with Crippen LogP contribution in [0.5, 0.6) is 0 Å². The second kappa shape index (κ2) is 6.07. The number of terminal acetylenes is 1. The number of pyridine rings is 1. The quantitative estimate of drug-likeness (QED) is 0.847. The first-order valence-corrected chi connectivity index (χ1v) is 6.49. The Kier molecular flexibility index (Phi) is 4.21. The van der Waals surface area contributed by atoms with Crippen LogP contribution in [0.2, 0.25) is 0 Å². The molecule has 4 nitrogen and oxygen atoms in total. The number of para-hydroxylation sites is 1. The normalized spacial score (nSPS) is 10.2. The summed E-state index contributed by atoms with van der Waals surface area (Å²) in [5, 5.41) is 10.2. The highest BCUT2D eigenvalue weighted by Crippen LogP contribution is 2.23. The lowest BCUT2D eigenvalue weighted by Crippen LogP contribution is -2.27. The molecule has 1 aromatic carbocycles. The number of fused-ring (bicyclic) bond motifs is 1. The molecule has 102 valence electrons. The van der Waals surface area contributed by atoms with Crippen molar-refractivity contribution in [3.63, 3.8) is 0 Å². The van der Waals surface area contributed by atoms with Crippen molar-refractivity contribution >= 4 is 22.7 Å². The van der Waals surface area contributed by atoms with Crippen molar-refractivity contribution in [2.75, 3.05) is 18.0 Å². The number of carboxylic acids is 1. The van der Waals surface area contributed by atoms with Crippen LogP contribution in [0, 0.1) is 12.3 Å². The van der Waals surface area contributed by atoms with Crippen LogP contribution in [0.4, 0.5) is 5.82 Å². The van der Waals surface area contributed by atoms with Crippen LogP contribution in [0.1, 0.15) is 23.7 Å². The lowest BCUT2D eigenvalue weighted by atomic mass is 10.1. The summed E-state index contributed by atoms with van der Waals surface area (Å²) in [4.78, 5) is 17.8. The summed E-state index contributed by atoms with van der Waals surface area (Å²) in [7, 11) is 0.